The highest BCUT2D eigenvalue weighted by Gasteiger charge is 2.31. The largest absolute Gasteiger partial charge is 0.573 e. The molecule has 0 saturated heterocycles. The van der Waals surface area contributed by atoms with Crippen LogP contribution in [0.2, 0.25) is 0 Å². The average molecular weight is 389 g/mol. The Balaban J connectivity index is 2.65. The number of amides is 3. The van der Waals surface area contributed by atoms with Crippen LogP contribution in [0.25, 0.3) is 0 Å². The van der Waals surface area contributed by atoms with E-state index in [9.17, 15) is 27.6 Å². The summed E-state index contributed by atoms with van der Waals surface area (Å²) in [4.78, 5) is 36.8. The number of hydrogen-bond acceptors (Lipinski definition) is 4. The third-order valence-corrected chi connectivity index (χ3v) is 3.42. The van der Waals surface area contributed by atoms with Crippen molar-refractivity contribution in [3.8, 4) is 5.75 Å². The van der Waals surface area contributed by atoms with Crippen LogP contribution < -0.4 is 15.4 Å². The summed E-state index contributed by atoms with van der Waals surface area (Å²) in [6, 6.07) is 3.84. The minimum absolute atomic E-state index is 0.173. The maximum Gasteiger partial charge on any atom is 0.573 e. The van der Waals surface area contributed by atoms with Crippen LogP contribution in [0.3, 0.4) is 0 Å². The molecule has 0 bridgehead atoms. The number of alkyl halides is 3. The third-order valence-electron chi connectivity index (χ3n) is 3.42. The van der Waals surface area contributed by atoms with Gasteiger partial charge < -0.3 is 20.3 Å². The van der Waals surface area contributed by atoms with Crippen molar-refractivity contribution in [2.24, 2.45) is 5.92 Å². The van der Waals surface area contributed by atoms with Gasteiger partial charge in [-0.2, -0.15) is 0 Å². The van der Waals surface area contributed by atoms with E-state index in [4.69, 9.17) is 0 Å². The van der Waals surface area contributed by atoms with Gasteiger partial charge in [0.05, 0.1) is 6.54 Å². The monoisotopic (exact) mass is 389 g/mol. The third kappa shape index (κ3) is 7.97. The zero-order chi connectivity index (χ0) is 20.8. The van der Waals surface area contributed by atoms with Crippen molar-refractivity contribution in [1.29, 1.82) is 0 Å². The summed E-state index contributed by atoms with van der Waals surface area (Å²) >= 11 is 0. The highest BCUT2D eigenvalue weighted by molar-refractivity contribution is 5.95. The Hall–Kier alpha value is -2.78. The lowest BCUT2D eigenvalue weighted by molar-refractivity contribution is -0.274. The number of nitrogens with zero attached hydrogens (tertiary/aromatic N) is 1. The van der Waals surface area contributed by atoms with Crippen LogP contribution in [0.5, 0.6) is 5.75 Å². The Morgan fingerprint density at radius 3 is 2.15 bits per heavy atom. The number of benzene rings is 1. The Morgan fingerprint density at radius 1 is 1.15 bits per heavy atom. The molecule has 0 radical (unpaired) electrons. The van der Waals surface area contributed by atoms with E-state index in [1.54, 1.807) is 13.8 Å². The first-order chi connectivity index (χ1) is 12.4. The summed E-state index contributed by atoms with van der Waals surface area (Å²) in [7, 11) is 1.42. The quantitative estimate of drug-likeness (QED) is 0.748. The van der Waals surface area contributed by atoms with Crippen molar-refractivity contribution in [3.63, 3.8) is 0 Å². The molecule has 7 nitrogen and oxygen atoms in total. The van der Waals surface area contributed by atoms with Gasteiger partial charge in [0.25, 0.3) is 0 Å². The molecule has 1 aromatic rings. The van der Waals surface area contributed by atoms with E-state index in [1.807, 2.05) is 0 Å². The Labute approximate surface area is 154 Å². The Kier molecular flexibility index (Phi) is 7.62. The second kappa shape index (κ2) is 9.24. The predicted molar refractivity (Wildman–Crippen MR) is 91.8 cm³/mol. The average Bonchev–Trinajstić information content (AvgIpc) is 2.51. The highest BCUT2D eigenvalue weighted by Crippen LogP contribution is 2.23. The van der Waals surface area contributed by atoms with Crippen molar-refractivity contribution >= 4 is 23.4 Å². The SMILES string of the molecule is CC(=O)NC(C(=O)N(C)CC(=O)Nc1ccc(OC(F)(F)F)cc1)C(C)C. The zero-order valence-electron chi connectivity index (χ0n) is 15.4. The fourth-order valence-corrected chi connectivity index (χ4v) is 2.20. The summed E-state index contributed by atoms with van der Waals surface area (Å²) in [5.74, 6) is -1.91. The topological polar surface area (TPSA) is 87.7 Å². The van der Waals surface area contributed by atoms with Gasteiger partial charge in [0.1, 0.15) is 11.8 Å². The van der Waals surface area contributed by atoms with Gasteiger partial charge in [0.15, 0.2) is 0 Å². The van der Waals surface area contributed by atoms with Gasteiger partial charge in [-0.25, -0.2) is 0 Å². The van der Waals surface area contributed by atoms with Gasteiger partial charge in [-0.3, -0.25) is 14.4 Å². The molecule has 1 rings (SSSR count). The van der Waals surface area contributed by atoms with Gasteiger partial charge in [0, 0.05) is 19.7 Å². The van der Waals surface area contributed by atoms with Crippen LogP contribution in [0.4, 0.5) is 18.9 Å². The van der Waals surface area contributed by atoms with Crippen LogP contribution in [0, 0.1) is 5.92 Å². The molecular formula is C17H22F3N3O4. The van der Waals surface area contributed by atoms with Gasteiger partial charge in [-0.15, -0.1) is 13.2 Å². The molecule has 0 aliphatic heterocycles. The van der Waals surface area contributed by atoms with Gasteiger partial charge in [-0.05, 0) is 30.2 Å². The van der Waals surface area contributed by atoms with Crippen LogP contribution in [-0.2, 0) is 14.4 Å². The molecule has 3 amide bonds. The van der Waals surface area contributed by atoms with E-state index < -0.39 is 30.0 Å². The molecule has 0 saturated carbocycles. The van der Waals surface area contributed by atoms with E-state index in [0.29, 0.717) is 0 Å². The minimum atomic E-state index is -4.80. The summed E-state index contributed by atoms with van der Waals surface area (Å²) in [6.45, 7) is 4.53. The summed E-state index contributed by atoms with van der Waals surface area (Å²) < 4.78 is 40.1. The minimum Gasteiger partial charge on any atom is -0.406 e. The molecule has 0 heterocycles. The molecule has 0 aromatic heterocycles. The number of likely N-dealkylation sites (N-methyl/N-ethyl adjacent to an activating group) is 1. The predicted octanol–water partition coefficient (Wildman–Crippen LogP) is 2.14. The second-order valence-corrected chi connectivity index (χ2v) is 6.24. The lowest BCUT2D eigenvalue weighted by Crippen LogP contribution is -2.51. The number of anilines is 1. The molecule has 150 valence electrons. The summed E-state index contributed by atoms with van der Waals surface area (Å²) in [5, 5.41) is 5.01. The maximum atomic E-state index is 12.4. The Bertz CT molecular complexity index is 675. The van der Waals surface area contributed by atoms with Crippen molar-refractivity contribution in [1.82, 2.24) is 10.2 Å². The van der Waals surface area contributed by atoms with E-state index in [1.165, 1.54) is 26.1 Å². The van der Waals surface area contributed by atoms with Crippen LogP contribution in [-0.4, -0.2) is 48.6 Å². The van der Waals surface area contributed by atoms with E-state index >= 15 is 0 Å². The first-order valence-corrected chi connectivity index (χ1v) is 8.06. The van der Waals surface area contributed by atoms with E-state index in [2.05, 4.69) is 15.4 Å². The van der Waals surface area contributed by atoms with Crippen molar-refractivity contribution in [2.75, 3.05) is 18.9 Å². The molecule has 27 heavy (non-hydrogen) atoms. The molecule has 2 N–H and O–H groups in total. The number of ether oxygens (including phenoxy) is 1. The van der Waals surface area contributed by atoms with Gasteiger partial charge in [-0.1, -0.05) is 13.8 Å². The van der Waals surface area contributed by atoms with Crippen LogP contribution in [0.15, 0.2) is 24.3 Å². The molecule has 0 aliphatic rings. The maximum absolute atomic E-state index is 12.4. The lowest BCUT2D eigenvalue weighted by Gasteiger charge is -2.26. The summed E-state index contributed by atoms with van der Waals surface area (Å²) in [5.41, 5.74) is 0.248. The zero-order valence-corrected chi connectivity index (χ0v) is 15.4. The number of carbonyl (C=O) groups excluding carboxylic acids is 3. The molecular weight excluding hydrogens is 367 g/mol. The smallest absolute Gasteiger partial charge is 0.406 e. The number of halogens is 3. The van der Waals surface area contributed by atoms with Gasteiger partial charge in [0.2, 0.25) is 17.7 Å². The van der Waals surface area contributed by atoms with Crippen LogP contribution >= 0.6 is 0 Å². The van der Waals surface area contributed by atoms with Crippen molar-refractivity contribution < 1.29 is 32.3 Å². The van der Waals surface area contributed by atoms with Crippen LogP contribution in [0.1, 0.15) is 20.8 Å². The van der Waals surface area contributed by atoms with Crippen molar-refractivity contribution in [2.45, 2.75) is 33.2 Å². The van der Waals surface area contributed by atoms with E-state index in [0.717, 1.165) is 17.0 Å². The first kappa shape index (κ1) is 22.3. The molecule has 1 unspecified atom stereocenters. The lowest BCUT2D eigenvalue weighted by atomic mass is 10.0. The normalized spacial score (nSPS) is 12.3. The van der Waals surface area contributed by atoms with E-state index in [-0.39, 0.29) is 24.1 Å². The number of nitrogens with one attached hydrogen (secondary N) is 2. The molecule has 0 spiro atoms. The molecule has 0 aliphatic carbocycles. The molecule has 0 fully saturated rings. The fourth-order valence-electron chi connectivity index (χ4n) is 2.20. The Morgan fingerprint density at radius 2 is 1.70 bits per heavy atom. The number of rotatable bonds is 7. The number of carbonyl (C=O) groups is 3. The molecule has 10 heteroatoms. The second-order valence-electron chi connectivity index (χ2n) is 6.24. The van der Waals surface area contributed by atoms with Gasteiger partial charge >= 0.3 is 6.36 Å². The highest BCUT2D eigenvalue weighted by atomic mass is 19.4. The van der Waals surface area contributed by atoms with Crippen molar-refractivity contribution in [3.05, 3.63) is 24.3 Å². The number of hydrogen-bond donors (Lipinski definition) is 2. The fraction of sp³-hybridized carbons (Fsp3) is 0.471. The molecule has 1 aromatic carbocycles. The summed E-state index contributed by atoms with van der Waals surface area (Å²) in [6.07, 6.45) is -4.80. The first-order valence-electron chi connectivity index (χ1n) is 8.06. The standard InChI is InChI=1S/C17H22F3N3O4/c1-10(2)15(21-11(3)24)16(26)23(4)9-14(25)22-12-5-7-13(8-6-12)27-17(18,19)20/h5-8,10,15H,9H2,1-4H3,(H,21,24)(H,22,25). The molecule has 1 atom stereocenters.